The summed E-state index contributed by atoms with van der Waals surface area (Å²) in [4.78, 5) is 0. The minimum absolute atomic E-state index is 0.177. The van der Waals surface area contributed by atoms with Gasteiger partial charge >= 0.3 is 0 Å². The highest BCUT2D eigenvalue weighted by Gasteiger charge is 2.22. The molecule has 0 radical (unpaired) electrons. The lowest BCUT2D eigenvalue weighted by molar-refractivity contribution is 0.548. The van der Waals surface area contributed by atoms with E-state index in [4.69, 9.17) is 17.0 Å². The van der Waals surface area contributed by atoms with Crippen molar-refractivity contribution in [2.24, 2.45) is 11.8 Å². The van der Waals surface area contributed by atoms with Crippen LogP contribution < -0.4 is 0 Å². The van der Waals surface area contributed by atoms with E-state index in [0.29, 0.717) is 16.7 Å². The molecule has 1 nitrogen and oxygen atoms in total. The third kappa shape index (κ3) is 3.46. The van der Waals surface area contributed by atoms with Crippen LogP contribution in [0.5, 0.6) is 0 Å². The van der Waals surface area contributed by atoms with Gasteiger partial charge in [0.1, 0.15) is 0 Å². The second-order valence-corrected chi connectivity index (χ2v) is 5.76. The van der Waals surface area contributed by atoms with Crippen LogP contribution in [-0.2, 0) is 0 Å². The van der Waals surface area contributed by atoms with Crippen molar-refractivity contribution in [1.29, 1.82) is 5.41 Å². The van der Waals surface area contributed by atoms with Crippen LogP contribution >= 0.6 is 11.6 Å². The molecule has 0 bridgehead atoms. The first kappa shape index (κ1) is 15.0. The van der Waals surface area contributed by atoms with E-state index in [1.165, 1.54) is 11.1 Å². The summed E-state index contributed by atoms with van der Waals surface area (Å²) < 4.78 is 0. The van der Waals surface area contributed by atoms with E-state index in [9.17, 15) is 0 Å². The number of hydrogen-bond acceptors (Lipinski definition) is 1. The zero-order valence-electron chi connectivity index (χ0n) is 11.8. The molecule has 0 saturated heterocycles. The summed E-state index contributed by atoms with van der Waals surface area (Å²) in [5.41, 5.74) is 4.23. The standard InChI is InChI=1S/C16H22ClN/c1-10(2)12(5)15(11(3)4)16(18)13-6-8-14(17)9-7-13/h6-9,11,15,18H,1-5H3. The minimum atomic E-state index is 0.177. The Morgan fingerprint density at radius 1 is 1.06 bits per heavy atom. The van der Waals surface area contributed by atoms with E-state index in [-0.39, 0.29) is 5.92 Å². The minimum Gasteiger partial charge on any atom is -0.304 e. The van der Waals surface area contributed by atoms with Crippen LogP contribution in [0.1, 0.15) is 40.2 Å². The summed E-state index contributed by atoms with van der Waals surface area (Å²) >= 11 is 5.89. The van der Waals surface area contributed by atoms with E-state index in [1.54, 1.807) is 0 Å². The molecule has 0 spiro atoms. The van der Waals surface area contributed by atoms with E-state index < -0.39 is 0 Å². The number of rotatable bonds is 4. The molecular weight excluding hydrogens is 242 g/mol. The van der Waals surface area contributed by atoms with Crippen molar-refractivity contribution >= 4 is 17.3 Å². The molecule has 1 N–H and O–H groups in total. The second kappa shape index (κ2) is 6.19. The van der Waals surface area contributed by atoms with Gasteiger partial charge in [0.2, 0.25) is 0 Å². The number of nitrogens with one attached hydrogen (secondary N) is 1. The van der Waals surface area contributed by atoms with Crippen LogP contribution in [-0.4, -0.2) is 5.71 Å². The van der Waals surface area contributed by atoms with Gasteiger partial charge < -0.3 is 5.41 Å². The average molecular weight is 264 g/mol. The fourth-order valence-corrected chi connectivity index (χ4v) is 2.30. The Morgan fingerprint density at radius 2 is 1.56 bits per heavy atom. The highest BCUT2D eigenvalue weighted by atomic mass is 35.5. The molecule has 0 aliphatic heterocycles. The molecule has 1 atom stereocenters. The van der Waals surface area contributed by atoms with Crippen LogP contribution in [0.3, 0.4) is 0 Å². The summed E-state index contributed by atoms with van der Waals surface area (Å²) in [7, 11) is 0. The molecule has 98 valence electrons. The smallest absolute Gasteiger partial charge is 0.0460 e. The Morgan fingerprint density at radius 3 is 1.94 bits per heavy atom. The van der Waals surface area contributed by atoms with Crippen LogP contribution in [0.2, 0.25) is 5.02 Å². The molecule has 1 aromatic carbocycles. The lowest BCUT2D eigenvalue weighted by atomic mass is 9.80. The molecule has 0 amide bonds. The third-order valence-corrected chi connectivity index (χ3v) is 3.64. The summed E-state index contributed by atoms with van der Waals surface area (Å²) in [5.74, 6) is 0.597. The van der Waals surface area contributed by atoms with Crippen LogP contribution in [0.4, 0.5) is 0 Å². The topological polar surface area (TPSA) is 23.9 Å². The van der Waals surface area contributed by atoms with Gasteiger partial charge in [-0.15, -0.1) is 0 Å². The van der Waals surface area contributed by atoms with E-state index >= 15 is 0 Å². The number of allylic oxidation sites excluding steroid dienone is 2. The molecule has 0 aliphatic rings. The van der Waals surface area contributed by atoms with Crippen molar-refractivity contribution in [2.75, 3.05) is 0 Å². The van der Waals surface area contributed by atoms with Crippen molar-refractivity contribution in [1.82, 2.24) is 0 Å². The molecule has 1 rings (SSSR count). The van der Waals surface area contributed by atoms with E-state index in [0.717, 1.165) is 5.56 Å². The SMILES string of the molecule is CC(C)=C(C)C(C(=N)c1ccc(Cl)cc1)C(C)C. The Kier molecular flexibility index (Phi) is 5.15. The van der Waals surface area contributed by atoms with Crippen molar-refractivity contribution in [3.05, 3.63) is 46.0 Å². The maximum atomic E-state index is 8.43. The third-order valence-electron chi connectivity index (χ3n) is 3.39. The Labute approximate surface area is 115 Å². The Balaban J connectivity index is 3.12. The number of hydrogen-bond donors (Lipinski definition) is 1. The summed E-state index contributed by atoms with van der Waals surface area (Å²) in [5, 5.41) is 9.15. The van der Waals surface area contributed by atoms with Gasteiger partial charge in [0.05, 0.1) is 0 Å². The molecule has 0 saturated carbocycles. The molecule has 0 fully saturated rings. The summed E-state index contributed by atoms with van der Waals surface area (Å²) in [6.07, 6.45) is 0. The lowest BCUT2D eigenvalue weighted by Gasteiger charge is -2.24. The normalized spacial score (nSPS) is 12.4. The van der Waals surface area contributed by atoms with Crippen molar-refractivity contribution in [2.45, 2.75) is 34.6 Å². The summed E-state index contributed by atoms with van der Waals surface area (Å²) in [6.45, 7) is 10.7. The Bertz CT molecular complexity index is 450. The second-order valence-electron chi connectivity index (χ2n) is 5.33. The fraction of sp³-hybridized carbons (Fsp3) is 0.438. The van der Waals surface area contributed by atoms with Gasteiger partial charge in [0.25, 0.3) is 0 Å². The highest BCUT2D eigenvalue weighted by molar-refractivity contribution is 6.30. The lowest BCUT2D eigenvalue weighted by Crippen LogP contribution is -2.22. The van der Waals surface area contributed by atoms with Gasteiger partial charge in [-0.05, 0) is 44.4 Å². The Hall–Kier alpha value is -1.08. The molecular formula is C16H22ClN. The maximum absolute atomic E-state index is 8.43. The maximum Gasteiger partial charge on any atom is 0.0460 e. The first-order valence-electron chi connectivity index (χ1n) is 6.33. The zero-order valence-corrected chi connectivity index (χ0v) is 12.6. The van der Waals surface area contributed by atoms with Gasteiger partial charge in [-0.2, -0.15) is 0 Å². The monoisotopic (exact) mass is 263 g/mol. The first-order valence-corrected chi connectivity index (χ1v) is 6.70. The number of halogens is 1. The molecule has 18 heavy (non-hydrogen) atoms. The quantitative estimate of drug-likeness (QED) is 0.560. The predicted molar refractivity (Wildman–Crippen MR) is 80.7 cm³/mol. The van der Waals surface area contributed by atoms with Crippen molar-refractivity contribution < 1.29 is 0 Å². The predicted octanol–water partition coefficient (Wildman–Crippen LogP) is 5.34. The van der Waals surface area contributed by atoms with E-state index in [2.05, 4.69) is 34.6 Å². The molecule has 0 aromatic heterocycles. The first-order chi connectivity index (χ1) is 8.34. The van der Waals surface area contributed by atoms with Crippen LogP contribution in [0, 0.1) is 17.2 Å². The molecule has 1 unspecified atom stereocenters. The van der Waals surface area contributed by atoms with Gasteiger partial charge in [-0.25, -0.2) is 0 Å². The number of benzene rings is 1. The van der Waals surface area contributed by atoms with E-state index in [1.807, 2.05) is 24.3 Å². The molecule has 0 aliphatic carbocycles. The molecule has 1 aromatic rings. The molecule has 0 heterocycles. The van der Waals surface area contributed by atoms with Gasteiger partial charge in [-0.1, -0.05) is 48.7 Å². The van der Waals surface area contributed by atoms with Crippen molar-refractivity contribution in [3.8, 4) is 0 Å². The van der Waals surface area contributed by atoms with Gasteiger partial charge in [0.15, 0.2) is 0 Å². The zero-order chi connectivity index (χ0) is 13.9. The van der Waals surface area contributed by atoms with Crippen LogP contribution in [0.25, 0.3) is 0 Å². The summed E-state index contributed by atoms with van der Waals surface area (Å²) in [6, 6.07) is 7.55. The fourth-order valence-electron chi connectivity index (χ4n) is 2.17. The largest absolute Gasteiger partial charge is 0.304 e. The van der Waals surface area contributed by atoms with Gasteiger partial charge in [-0.3, -0.25) is 0 Å². The average Bonchev–Trinajstić information content (AvgIpc) is 2.29. The molecule has 2 heteroatoms. The van der Waals surface area contributed by atoms with Crippen molar-refractivity contribution in [3.63, 3.8) is 0 Å². The highest BCUT2D eigenvalue weighted by Crippen LogP contribution is 2.27. The van der Waals surface area contributed by atoms with Crippen LogP contribution in [0.15, 0.2) is 35.4 Å². The van der Waals surface area contributed by atoms with Gasteiger partial charge in [0, 0.05) is 16.7 Å².